The largest absolute Gasteiger partial charge is 0.459 e. The molecule has 6 unspecified atom stereocenters. The Morgan fingerprint density at radius 2 is 0.797 bits per heavy atom. The molecular weight excluding hydrogens is 825 g/mol. The Bertz CT molecular complexity index is 1850. The first kappa shape index (κ1) is 50.0. The van der Waals surface area contributed by atoms with E-state index in [1.54, 1.807) is 4.90 Å². The van der Waals surface area contributed by atoms with E-state index in [0.717, 1.165) is 5.56 Å². The van der Waals surface area contributed by atoms with Crippen LogP contribution >= 0.6 is 0 Å². The Kier molecular flexibility index (Phi) is 17.4. The van der Waals surface area contributed by atoms with Crippen LogP contribution in [0.1, 0.15) is 119 Å². The second-order valence-corrected chi connectivity index (χ2v) is 19.6. The van der Waals surface area contributed by atoms with Crippen molar-refractivity contribution < 1.29 is 57.3 Å². The molecule has 0 radical (unpaired) electrons. The van der Waals surface area contributed by atoms with E-state index in [9.17, 15) is 38.4 Å². The van der Waals surface area contributed by atoms with Crippen LogP contribution in [-0.4, -0.2) is 136 Å². The monoisotopic (exact) mass is 894 g/mol. The van der Waals surface area contributed by atoms with Crippen molar-refractivity contribution in [2.24, 2.45) is 29.6 Å². The minimum atomic E-state index is -1.23. The smallest absolute Gasteiger partial charge is 0.329 e. The molecular formula is C48H70N4O12. The number of carbonyl (C=O) groups excluding carboxylic acids is 8. The molecule has 5 rings (SSSR count). The molecule has 0 spiro atoms. The summed E-state index contributed by atoms with van der Waals surface area (Å²) >= 11 is 0. The molecule has 16 nitrogen and oxygen atoms in total. The van der Waals surface area contributed by atoms with Crippen molar-refractivity contribution in [3.63, 3.8) is 0 Å². The minimum Gasteiger partial charge on any atom is -0.459 e. The van der Waals surface area contributed by atoms with Crippen LogP contribution in [-0.2, 0) is 63.9 Å². The number of benzene rings is 1. The van der Waals surface area contributed by atoms with Gasteiger partial charge in [-0.3, -0.25) is 19.2 Å². The molecule has 1 aromatic rings. The number of carbonyl (C=O) groups is 8. The van der Waals surface area contributed by atoms with Crippen LogP contribution in [0.5, 0.6) is 0 Å². The highest BCUT2D eigenvalue weighted by atomic mass is 16.6. The third kappa shape index (κ3) is 12.4. The van der Waals surface area contributed by atoms with E-state index in [2.05, 4.69) is 0 Å². The van der Waals surface area contributed by atoms with Crippen LogP contribution in [0.4, 0.5) is 0 Å². The maximum absolute atomic E-state index is 14.0. The summed E-state index contributed by atoms with van der Waals surface area (Å²) < 4.78 is 23.1. The molecule has 8 atom stereocenters. The van der Waals surface area contributed by atoms with Gasteiger partial charge >= 0.3 is 23.9 Å². The fourth-order valence-electron chi connectivity index (χ4n) is 9.11. The summed E-state index contributed by atoms with van der Waals surface area (Å²) in [5, 5.41) is 0. The van der Waals surface area contributed by atoms with Gasteiger partial charge in [-0.2, -0.15) is 0 Å². The summed E-state index contributed by atoms with van der Waals surface area (Å²) in [7, 11) is 0. The van der Waals surface area contributed by atoms with E-state index in [0.29, 0.717) is 25.8 Å². The standard InChI is InChI=1S/C48H70N4O12/c1-28(2)23-34(45(57)61-27-33-13-11-10-12-14-33)50-20-16-38(42(50)54)63-47(59)36(25-30(5)6)52-22-18-40(44(52)56)64-48(60)37(26-31(7)8)51-21-17-39(43(51)55)62-46(58)35(24-29(3)4)49-19-15-32(9)41(49)53/h10-14,28-32,34-40H,15-27H2,1-9H3/t32?,34-,35?,36?,37?,38+,39?,40?/m0/s1. The van der Waals surface area contributed by atoms with E-state index >= 15 is 0 Å². The number of esters is 4. The lowest BCUT2D eigenvalue weighted by atomic mass is 10.0. The van der Waals surface area contributed by atoms with Gasteiger partial charge in [-0.15, -0.1) is 0 Å². The Morgan fingerprint density at radius 3 is 1.11 bits per heavy atom. The van der Waals surface area contributed by atoms with Gasteiger partial charge in [0.2, 0.25) is 5.91 Å². The molecule has 4 amide bonds. The Balaban J connectivity index is 1.21. The van der Waals surface area contributed by atoms with Gasteiger partial charge in [-0.05, 0) is 61.3 Å². The quantitative estimate of drug-likeness (QED) is 0.123. The number of likely N-dealkylation sites (tertiary alicyclic amines) is 4. The highest BCUT2D eigenvalue weighted by molar-refractivity contribution is 5.95. The van der Waals surface area contributed by atoms with E-state index < -0.39 is 84.1 Å². The summed E-state index contributed by atoms with van der Waals surface area (Å²) in [6.45, 7) is 18.1. The molecule has 0 saturated carbocycles. The normalized spacial score (nSPS) is 23.5. The highest BCUT2D eigenvalue weighted by Gasteiger charge is 2.48. The second kappa shape index (κ2) is 22.3. The second-order valence-electron chi connectivity index (χ2n) is 19.6. The van der Waals surface area contributed by atoms with Crippen LogP contribution in [0.25, 0.3) is 0 Å². The molecule has 1 aromatic carbocycles. The van der Waals surface area contributed by atoms with Crippen LogP contribution in [0.15, 0.2) is 30.3 Å². The van der Waals surface area contributed by atoms with Crippen molar-refractivity contribution in [2.75, 3.05) is 26.2 Å². The maximum Gasteiger partial charge on any atom is 0.329 e. The van der Waals surface area contributed by atoms with Crippen LogP contribution in [0.3, 0.4) is 0 Å². The summed E-state index contributed by atoms with van der Waals surface area (Å²) in [4.78, 5) is 115. The van der Waals surface area contributed by atoms with Crippen molar-refractivity contribution >= 4 is 47.5 Å². The fraction of sp³-hybridized carbons (Fsp3) is 0.708. The average Bonchev–Trinajstić information content (AvgIpc) is 3.98. The zero-order chi connectivity index (χ0) is 47.0. The molecule has 0 N–H and O–H groups in total. The molecule has 16 heteroatoms. The maximum atomic E-state index is 14.0. The minimum absolute atomic E-state index is 0.0543. The highest BCUT2D eigenvalue weighted by Crippen LogP contribution is 2.30. The Morgan fingerprint density at radius 1 is 0.484 bits per heavy atom. The molecule has 4 aliphatic rings. The lowest BCUT2D eigenvalue weighted by molar-refractivity contribution is -0.169. The Hall–Kier alpha value is -5.02. The van der Waals surface area contributed by atoms with Crippen LogP contribution in [0.2, 0.25) is 0 Å². The van der Waals surface area contributed by atoms with Gasteiger partial charge in [-0.25, -0.2) is 19.2 Å². The summed E-state index contributed by atoms with van der Waals surface area (Å²) in [5.41, 5.74) is 0.812. The van der Waals surface area contributed by atoms with Crippen molar-refractivity contribution in [3.05, 3.63) is 35.9 Å². The molecule has 0 aromatic heterocycles. The molecule has 354 valence electrons. The zero-order valence-corrected chi connectivity index (χ0v) is 39.2. The van der Waals surface area contributed by atoms with Gasteiger partial charge in [0.25, 0.3) is 17.7 Å². The Labute approximate surface area is 378 Å². The van der Waals surface area contributed by atoms with E-state index in [-0.39, 0.29) is 93.8 Å². The number of rotatable bonds is 21. The SMILES string of the molecule is CC(C)CC(C(=O)OC1CCN(C(CC(C)C)C(=O)OC2CCN(C(CC(C)C)C(=O)O[C@@H]3CCN([C@@H](CC(C)C)C(=O)OCc4ccccc4)C3=O)C2=O)C1=O)N1CCC(C)C1=O. The first-order valence-corrected chi connectivity index (χ1v) is 23.3. The number of amides is 4. The molecule has 4 aliphatic heterocycles. The van der Waals surface area contributed by atoms with Gasteiger partial charge in [0.15, 0.2) is 18.3 Å². The average molecular weight is 895 g/mol. The predicted molar refractivity (Wildman–Crippen MR) is 233 cm³/mol. The predicted octanol–water partition coefficient (Wildman–Crippen LogP) is 4.69. The molecule has 0 bridgehead atoms. The summed E-state index contributed by atoms with van der Waals surface area (Å²) in [5.74, 6) is -4.63. The molecule has 4 heterocycles. The van der Waals surface area contributed by atoms with E-state index in [4.69, 9.17) is 18.9 Å². The van der Waals surface area contributed by atoms with Gasteiger partial charge < -0.3 is 38.5 Å². The first-order valence-electron chi connectivity index (χ1n) is 23.3. The zero-order valence-electron chi connectivity index (χ0n) is 39.2. The third-order valence-corrected chi connectivity index (χ3v) is 12.5. The van der Waals surface area contributed by atoms with Crippen LogP contribution < -0.4 is 0 Å². The van der Waals surface area contributed by atoms with E-state index in [1.165, 1.54) is 14.7 Å². The van der Waals surface area contributed by atoms with Gasteiger partial charge in [0.1, 0.15) is 30.8 Å². The molecule has 4 saturated heterocycles. The van der Waals surface area contributed by atoms with Gasteiger partial charge in [0, 0.05) is 51.4 Å². The van der Waals surface area contributed by atoms with Crippen molar-refractivity contribution in [3.8, 4) is 0 Å². The van der Waals surface area contributed by atoms with Crippen molar-refractivity contribution in [1.82, 2.24) is 19.6 Å². The number of hydrogen-bond donors (Lipinski definition) is 0. The van der Waals surface area contributed by atoms with Gasteiger partial charge in [-0.1, -0.05) is 92.6 Å². The number of ether oxygens (including phenoxy) is 4. The number of nitrogens with zero attached hydrogens (tertiary/aromatic N) is 4. The van der Waals surface area contributed by atoms with Crippen molar-refractivity contribution in [1.29, 1.82) is 0 Å². The summed E-state index contributed by atoms with van der Waals surface area (Å²) in [6, 6.07) is 5.42. The van der Waals surface area contributed by atoms with Crippen molar-refractivity contribution in [2.45, 2.75) is 163 Å². The lowest BCUT2D eigenvalue weighted by Gasteiger charge is -2.30. The van der Waals surface area contributed by atoms with Gasteiger partial charge in [0.05, 0.1) is 0 Å². The third-order valence-electron chi connectivity index (χ3n) is 12.5. The molecule has 64 heavy (non-hydrogen) atoms. The van der Waals surface area contributed by atoms with Crippen LogP contribution in [0, 0.1) is 29.6 Å². The topological polar surface area (TPSA) is 186 Å². The lowest BCUT2D eigenvalue weighted by Crippen LogP contribution is -2.50. The first-order chi connectivity index (χ1) is 30.3. The molecule has 4 fully saturated rings. The summed E-state index contributed by atoms with van der Waals surface area (Å²) in [6.07, 6.45) is -1.29. The number of hydrogen-bond acceptors (Lipinski definition) is 12. The van der Waals surface area contributed by atoms with E-state index in [1.807, 2.05) is 92.6 Å². The molecule has 0 aliphatic carbocycles. The fourth-order valence-corrected chi connectivity index (χ4v) is 9.11.